The molecule has 5 heteroatoms. The monoisotopic (exact) mass is 303 g/mol. The first-order valence-electron chi connectivity index (χ1n) is 7.80. The third-order valence-electron chi connectivity index (χ3n) is 5.03. The van der Waals surface area contributed by atoms with E-state index in [1.165, 1.54) is 0 Å². The fraction of sp³-hybridized carbons (Fsp3) is 0.588. The van der Waals surface area contributed by atoms with Crippen LogP contribution in [0.1, 0.15) is 44.4 Å². The van der Waals surface area contributed by atoms with E-state index in [1.807, 2.05) is 6.07 Å². The van der Waals surface area contributed by atoms with Crippen LogP contribution < -0.4 is 4.74 Å². The fourth-order valence-corrected chi connectivity index (χ4v) is 3.97. The van der Waals surface area contributed by atoms with E-state index in [-0.39, 0.29) is 5.60 Å². The third kappa shape index (κ3) is 1.75. The lowest BCUT2D eigenvalue weighted by Gasteiger charge is -2.40. The van der Waals surface area contributed by atoms with Gasteiger partial charge >= 0.3 is 0 Å². The first-order valence-corrected chi connectivity index (χ1v) is 7.80. The highest BCUT2D eigenvalue weighted by atomic mass is 16.5. The maximum atomic E-state index is 10.7. The predicted molar refractivity (Wildman–Crippen MR) is 81.0 cm³/mol. The molecule has 2 unspecified atom stereocenters. The Labute approximate surface area is 129 Å². The highest BCUT2D eigenvalue weighted by Gasteiger charge is 2.54. The Morgan fingerprint density at radius 1 is 1.36 bits per heavy atom. The van der Waals surface area contributed by atoms with Gasteiger partial charge in [0.25, 0.3) is 0 Å². The largest absolute Gasteiger partial charge is 0.496 e. The molecule has 1 N–H and O–H groups in total. The molecule has 3 heterocycles. The lowest BCUT2D eigenvalue weighted by Crippen LogP contribution is -2.45. The first-order chi connectivity index (χ1) is 10.5. The van der Waals surface area contributed by atoms with E-state index >= 15 is 0 Å². The molecule has 1 fully saturated rings. The molecule has 1 aliphatic carbocycles. The Hall–Kier alpha value is -1.59. The van der Waals surface area contributed by atoms with Gasteiger partial charge in [-0.05, 0) is 45.6 Å². The van der Waals surface area contributed by atoms with Gasteiger partial charge in [0.05, 0.1) is 36.2 Å². The van der Waals surface area contributed by atoms with Crippen LogP contribution in [-0.2, 0) is 16.8 Å². The van der Waals surface area contributed by atoms with E-state index in [0.717, 1.165) is 41.7 Å². The number of methoxy groups -OCH3 is 1. The summed E-state index contributed by atoms with van der Waals surface area (Å²) in [5.74, 6) is 0.799. The van der Waals surface area contributed by atoms with Gasteiger partial charge in [0.1, 0.15) is 11.4 Å². The van der Waals surface area contributed by atoms with Crippen molar-refractivity contribution in [3.63, 3.8) is 0 Å². The molecule has 2 aromatic rings. The van der Waals surface area contributed by atoms with Gasteiger partial charge in [-0.15, -0.1) is 0 Å². The van der Waals surface area contributed by atoms with Crippen molar-refractivity contribution in [2.75, 3.05) is 7.11 Å². The van der Waals surface area contributed by atoms with Gasteiger partial charge in [0.2, 0.25) is 5.71 Å². The van der Waals surface area contributed by atoms with Gasteiger partial charge < -0.3 is 19.0 Å². The van der Waals surface area contributed by atoms with E-state index < -0.39 is 11.7 Å². The fourth-order valence-electron chi connectivity index (χ4n) is 3.97. The zero-order valence-electron chi connectivity index (χ0n) is 13.2. The zero-order valence-corrected chi connectivity index (χ0v) is 13.2. The molecule has 0 aromatic carbocycles. The van der Waals surface area contributed by atoms with Crippen molar-refractivity contribution in [1.29, 1.82) is 0 Å². The van der Waals surface area contributed by atoms with Gasteiger partial charge in [0.15, 0.2) is 0 Å². The van der Waals surface area contributed by atoms with Crippen molar-refractivity contribution in [2.45, 2.75) is 56.8 Å². The minimum atomic E-state index is -0.745. The van der Waals surface area contributed by atoms with Crippen LogP contribution in [0.4, 0.5) is 0 Å². The molecule has 1 spiro atoms. The summed E-state index contributed by atoms with van der Waals surface area (Å²) < 4.78 is 17.5. The second-order valence-electron chi connectivity index (χ2n) is 6.92. The molecular formula is C17H21NO4. The third-order valence-corrected chi connectivity index (χ3v) is 5.03. The maximum absolute atomic E-state index is 10.7. The molecule has 1 saturated heterocycles. The standard InChI is InChI=1S/C17H21NO4/c1-16(2)7-8-17(22-16)12(19)5-4-10-13(20-3)11-6-9-21-15(11)18-14(10)17/h6,9,12,19H,4-5,7-8H2,1-3H3. The van der Waals surface area contributed by atoms with Crippen molar-refractivity contribution in [3.8, 4) is 5.75 Å². The zero-order chi connectivity index (χ0) is 15.5. The Morgan fingerprint density at radius 2 is 2.18 bits per heavy atom. The topological polar surface area (TPSA) is 64.7 Å². The molecule has 0 saturated carbocycles. The van der Waals surface area contributed by atoms with Crippen LogP contribution in [0.15, 0.2) is 16.7 Å². The molecular weight excluding hydrogens is 282 g/mol. The lowest BCUT2D eigenvalue weighted by molar-refractivity contribution is -0.158. The number of ether oxygens (including phenoxy) is 2. The van der Waals surface area contributed by atoms with Crippen molar-refractivity contribution in [1.82, 2.24) is 4.98 Å². The molecule has 0 radical (unpaired) electrons. The smallest absolute Gasteiger partial charge is 0.229 e. The van der Waals surface area contributed by atoms with Gasteiger partial charge in [-0.2, -0.15) is 0 Å². The van der Waals surface area contributed by atoms with E-state index in [9.17, 15) is 5.11 Å². The Kier molecular flexibility index (Phi) is 2.84. The van der Waals surface area contributed by atoms with Crippen molar-refractivity contribution in [3.05, 3.63) is 23.6 Å². The SMILES string of the molecule is COc1c2c(nc3occc13)C1(CCC(C)(C)O1)C(O)CC2. The molecule has 2 atom stereocenters. The van der Waals surface area contributed by atoms with Crippen LogP contribution in [0.5, 0.6) is 5.75 Å². The van der Waals surface area contributed by atoms with E-state index in [1.54, 1.807) is 13.4 Å². The summed E-state index contributed by atoms with van der Waals surface area (Å²) in [5, 5.41) is 11.6. The normalized spacial score (nSPS) is 29.9. The van der Waals surface area contributed by atoms with Crippen LogP contribution in [-0.4, -0.2) is 28.9 Å². The number of rotatable bonds is 1. The average molecular weight is 303 g/mol. The van der Waals surface area contributed by atoms with Gasteiger partial charge in [-0.25, -0.2) is 4.98 Å². The summed E-state index contributed by atoms with van der Waals surface area (Å²) in [4.78, 5) is 4.70. The minimum absolute atomic E-state index is 0.261. The summed E-state index contributed by atoms with van der Waals surface area (Å²) >= 11 is 0. The number of aliphatic hydroxyl groups is 1. The molecule has 22 heavy (non-hydrogen) atoms. The number of hydrogen-bond acceptors (Lipinski definition) is 5. The number of furan rings is 1. The number of aromatic nitrogens is 1. The van der Waals surface area contributed by atoms with Crippen LogP contribution in [0.3, 0.4) is 0 Å². The maximum Gasteiger partial charge on any atom is 0.229 e. The summed E-state index contributed by atoms with van der Waals surface area (Å²) in [7, 11) is 1.67. The Bertz CT molecular complexity index is 736. The number of nitrogens with zero attached hydrogens (tertiary/aromatic N) is 1. The van der Waals surface area contributed by atoms with E-state index in [4.69, 9.17) is 18.9 Å². The summed E-state index contributed by atoms with van der Waals surface area (Å²) in [6, 6.07) is 1.87. The highest BCUT2D eigenvalue weighted by molar-refractivity contribution is 5.83. The summed E-state index contributed by atoms with van der Waals surface area (Å²) in [6.07, 6.45) is 4.12. The number of hydrogen-bond donors (Lipinski definition) is 1. The average Bonchev–Trinajstić information content (AvgIpc) is 3.06. The molecule has 2 aromatic heterocycles. The summed E-state index contributed by atoms with van der Waals surface area (Å²) in [6.45, 7) is 4.12. The van der Waals surface area contributed by atoms with Crippen LogP contribution in [0, 0.1) is 0 Å². The first kappa shape index (κ1) is 14.0. The van der Waals surface area contributed by atoms with Gasteiger partial charge in [-0.1, -0.05) is 0 Å². The molecule has 0 bridgehead atoms. The second kappa shape index (κ2) is 4.46. The molecule has 1 aliphatic heterocycles. The predicted octanol–water partition coefficient (Wildman–Crippen LogP) is 2.93. The van der Waals surface area contributed by atoms with Crippen LogP contribution in [0.25, 0.3) is 11.1 Å². The van der Waals surface area contributed by atoms with Crippen LogP contribution in [0.2, 0.25) is 0 Å². The van der Waals surface area contributed by atoms with E-state index in [2.05, 4.69) is 13.8 Å². The van der Waals surface area contributed by atoms with Gasteiger partial charge in [0, 0.05) is 5.56 Å². The molecule has 0 amide bonds. The lowest BCUT2D eigenvalue weighted by atomic mass is 9.78. The molecule has 2 aliphatic rings. The number of aliphatic hydroxyl groups excluding tert-OH is 1. The van der Waals surface area contributed by atoms with Crippen molar-refractivity contribution in [2.24, 2.45) is 0 Å². The molecule has 5 nitrogen and oxygen atoms in total. The van der Waals surface area contributed by atoms with Gasteiger partial charge in [-0.3, -0.25) is 0 Å². The van der Waals surface area contributed by atoms with Crippen molar-refractivity contribution >= 4 is 11.1 Å². The minimum Gasteiger partial charge on any atom is -0.496 e. The number of pyridine rings is 1. The van der Waals surface area contributed by atoms with E-state index in [0.29, 0.717) is 12.1 Å². The Balaban J connectivity index is 1.98. The number of fused-ring (bicyclic) bond motifs is 3. The second-order valence-corrected chi connectivity index (χ2v) is 6.92. The van der Waals surface area contributed by atoms with Crippen molar-refractivity contribution < 1.29 is 19.0 Å². The summed E-state index contributed by atoms with van der Waals surface area (Å²) in [5.41, 5.74) is 1.36. The quantitative estimate of drug-likeness (QED) is 0.877. The molecule has 118 valence electrons. The van der Waals surface area contributed by atoms with Crippen LogP contribution >= 0.6 is 0 Å². The molecule has 4 rings (SSSR count). The highest BCUT2D eigenvalue weighted by Crippen LogP contribution is 2.52. The Morgan fingerprint density at radius 3 is 2.86 bits per heavy atom.